The summed E-state index contributed by atoms with van der Waals surface area (Å²) in [7, 11) is 0. The molecule has 1 saturated heterocycles. The average Bonchev–Trinajstić information content (AvgIpc) is 3.08. The first-order valence-electron chi connectivity index (χ1n) is 9.86. The van der Waals surface area contributed by atoms with Crippen molar-refractivity contribution in [3.8, 4) is 0 Å². The normalized spacial score (nSPS) is 19.5. The third-order valence-corrected chi connectivity index (χ3v) is 5.20. The van der Waals surface area contributed by atoms with E-state index in [0.717, 1.165) is 19.3 Å². The van der Waals surface area contributed by atoms with Gasteiger partial charge in [0, 0.05) is 13.1 Å². The highest BCUT2D eigenvalue weighted by Crippen LogP contribution is 2.20. The highest BCUT2D eigenvalue weighted by atomic mass is 16.2. The Morgan fingerprint density at radius 2 is 1.77 bits per heavy atom. The van der Waals surface area contributed by atoms with Crippen LogP contribution in [0.15, 0.2) is 0 Å². The zero-order valence-corrected chi connectivity index (χ0v) is 16.9. The van der Waals surface area contributed by atoms with Gasteiger partial charge in [0.05, 0.1) is 6.04 Å². The number of amides is 3. The molecule has 1 aliphatic rings. The maximum absolute atomic E-state index is 13.0. The van der Waals surface area contributed by atoms with Gasteiger partial charge in [-0.15, -0.1) is 0 Å². The van der Waals surface area contributed by atoms with E-state index in [1.165, 1.54) is 0 Å². The molecule has 0 spiro atoms. The summed E-state index contributed by atoms with van der Waals surface area (Å²) in [5.74, 6) is -0.277. The molecule has 26 heavy (non-hydrogen) atoms. The SMILES string of the molecule is CCC(CC)CNC(=O)[C@@H]1CCCN1C(=O)[C@@H](NC(=O)[C@H](C)N)C(C)C. The molecule has 0 saturated carbocycles. The lowest BCUT2D eigenvalue weighted by molar-refractivity contribution is -0.142. The molecule has 0 unspecified atom stereocenters. The second-order valence-electron chi connectivity index (χ2n) is 7.64. The summed E-state index contributed by atoms with van der Waals surface area (Å²) in [5.41, 5.74) is 5.61. The monoisotopic (exact) mass is 368 g/mol. The van der Waals surface area contributed by atoms with E-state index in [2.05, 4.69) is 24.5 Å². The van der Waals surface area contributed by atoms with Gasteiger partial charge < -0.3 is 21.3 Å². The lowest BCUT2D eigenvalue weighted by Gasteiger charge is -2.31. The molecular weight excluding hydrogens is 332 g/mol. The van der Waals surface area contributed by atoms with E-state index in [0.29, 0.717) is 25.4 Å². The molecule has 1 fully saturated rings. The van der Waals surface area contributed by atoms with Gasteiger partial charge in [-0.2, -0.15) is 0 Å². The van der Waals surface area contributed by atoms with Crippen molar-refractivity contribution in [2.24, 2.45) is 17.6 Å². The molecule has 7 heteroatoms. The van der Waals surface area contributed by atoms with Crippen LogP contribution in [-0.2, 0) is 14.4 Å². The summed E-state index contributed by atoms with van der Waals surface area (Å²) in [5, 5.41) is 5.73. The Labute approximate surface area is 157 Å². The van der Waals surface area contributed by atoms with E-state index in [-0.39, 0.29) is 23.6 Å². The summed E-state index contributed by atoms with van der Waals surface area (Å²) in [6.07, 6.45) is 3.49. The van der Waals surface area contributed by atoms with Crippen LogP contribution in [0.2, 0.25) is 0 Å². The first-order valence-corrected chi connectivity index (χ1v) is 9.86. The van der Waals surface area contributed by atoms with Gasteiger partial charge in [0.1, 0.15) is 12.1 Å². The van der Waals surface area contributed by atoms with Crippen molar-refractivity contribution < 1.29 is 14.4 Å². The number of rotatable bonds is 9. The molecule has 0 aliphatic carbocycles. The second-order valence-corrected chi connectivity index (χ2v) is 7.64. The number of nitrogens with two attached hydrogens (primary N) is 1. The number of carbonyl (C=O) groups excluding carboxylic acids is 3. The number of hydrogen-bond acceptors (Lipinski definition) is 4. The van der Waals surface area contributed by atoms with Gasteiger partial charge in [0.25, 0.3) is 0 Å². The van der Waals surface area contributed by atoms with Crippen LogP contribution in [0.4, 0.5) is 0 Å². The first kappa shape index (κ1) is 22.4. The van der Waals surface area contributed by atoms with Crippen LogP contribution in [0.5, 0.6) is 0 Å². The first-order chi connectivity index (χ1) is 12.2. The maximum atomic E-state index is 13.0. The molecule has 1 heterocycles. The second kappa shape index (κ2) is 10.5. The van der Waals surface area contributed by atoms with Crippen LogP contribution in [0, 0.1) is 11.8 Å². The smallest absolute Gasteiger partial charge is 0.246 e. The molecular formula is C19H36N4O3. The van der Waals surface area contributed by atoms with E-state index in [1.54, 1.807) is 11.8 Å². The molecule has 1 rings (SSSR count). The number of nitrogens with zero attached hydrogens (tertiary/aromatic N) is 1. The van der Waals surface area contributed by atoms with Crippen LogP contribution < -0.4 is 16.4 Å². The molecule has 0 aromatic carbocycles. The Morgan fingerprint density at radius 1 is 1.15 bits per heavy atom. The quantitative estimate of drug-likeness (QED) is 0.565. The fourth-order valence-electron chi connectivity index (χ4n) is 3.22. The molecule has 150 valence electrons. The van der Waals surface area contributed by atoms with Gasteiger partial charge in [0.2, 0.25) is 17.7 Å². The molecule has 0 bridgehead atoms. The molecule has 3 atom stereocenters. The van der Waals surface area contributed by atoms with Crippen molar-refractivity contribution in [2.45, 2.75) is 78.4 Å². The number of likely N-dealkylation sites (tertiary alicyclic amines) is 1. The fraction of sp³-hybridized carbons (Fsp3) is 0.842. The van der Waals surface area contributed by atoms with Crippen LogP contribution >= 0.6 is 0 Å². The van der Waals surface area contributed by atoms with Crippen molar-refractivity contribution >= 4 is 17.7 Å². The third kappa shape index (κ3) is 5.97. The van der Waals surface area contributed by atoms with Crippen LogP contribution in [0.3, 0.4) is 0 Å². The Morgan fingerprint density at radius 3 is 2.27 bits per heavy atom. The van der Waals surface area contributed by atoms with Gasteiger partial charge in [-0.25, -0.2) is 0 Å². The van der Waals surface area contributed by atoms with Crippen molar-refractivity contribution in [2.75, 3.05) is 13.1 Å². The maximum Gasteiger partial charge on any atom is 0.246 e. The summed E-state index contributed by atoms with van der Waals surface area (Å²) in [6.45, 7) is 10.7. The van der Waals surface area contributed by atoms with Crippen molar-refractivity contribution in [3.63, 3.8) is 0 Å². The van der Waals surface area contributed by atoms with Gasteiger partial charge in [-0.1, -0.05) is 40.5 Å². The van der Waals surface area contributed by atoms with Gasteiger partial charge in [-0.3, -0.25) is 14.4 Å². The number of hydrogen-bond donors (Lipinski definition) is 3. The minimum atomic E-state index is -0.679. The standard InChI is InChI=1S/C19H36N4O3/c1-6-14(7-2)11-21-18(25)15-9-8-10-23(15)19(26)16(12(3)4)22-17(24)13(5)20/h12-16H,6-11,20H2,1-5H3,(H,21,25)(H,22,24)/t13-,15-,16-/m0/s1. The minimum Gasteiger partial charge on any atom is -0.354 e. The predicted octanol–water partition coefficient (Wildman–Crippen LogP) is 1.02. The van der Waals surface area contributed by atoms with Crippen LogP contribution in [0.1, 0.15) is 60.3 Å². The van der Waals surface area contributed by atoms with E-state index in [1.807, 2.05) is 13.8 Å². The van der Waals surface area contributed by atoms with Gasteiger partial charge in [-0.05, 0) is 31.6 Å². The molecule has 7 nitrogen and oxygen atoms in total. The van der Waals surface area contributed by atoms with Crippen LogP contribution in [0.25, 0.3) is 0 Å². The van der Waals surface area contributed by atoms with Crippen LogP contribution in [-0.4, -0.2) is 53.8 Å². The Hall–Kier alpha value is -1.63. The predicted molar refractivity (Wildman–Crippen MR) is 102 cm³/mol. The highest BCUT2D eigenvalue weighted by molar-refractivity contribution is 5.93. The highest BCUT2D eigenvalue weighted by Gasteiger charge is 2.38. The molecule has 0 aromatic rings. The van der Waals surface area contributed by atoms with Gasteiger partial charge >= 0.3 is 0 Å². The van der Waals surface area contributed by atoms with E-state index >= 15 is 0 Å². The summed E-state index contributed by atoms with van der Waals surface area (Å²) < 4.78 is 0. The van der Waals surface area contributed by atoms with Crippen molar-refractivity contribution in [1.82, 2.24) is 15.5 Å². The lowest BCUT2D eigenvalue weighted by Crippen LogP contribution is -2.57. The molecule has 1 aliphatic heterocycles. The minimum absolute atomic E-state index is 0.0842. The van der Waals surface area contributed by atoms with E-state index < -0.39 is 18.1 Å². The third-order valence-electron chi connectivity index (χ3n) is 5.20. The molecule has 4 N–H and O–H groups in total. The number of nitrogens with one attached hydrogen (secondary N) is 2. The molecule has 0 aromatic heterocycles. The number of carbonyl (C=O) groups is 3. The Balaban J connectivity index is 2.78. The Kier molecular flexibility index (Phi) is 9.05. The molecule has 0 radical (unpaired) electrons. The topological polar surface area (TPSA) is 105 Å². The average molecular weight is 369 g/mol. The summed E-state index contributed by atoms with van der Waals surface area (Å²) in [4.78, 5) is 39.2. The molecule has 3 amide bonds. The van der Waals surface area contributed by atoms with Crippen molar-refractivity contribution in [1.29, 1.82) is 0 Å². The zero-order valence-electron chi connectivity index (χ0n) is 16.9. The zero-order chi connectivity index (χ0) is 19.9. The Bertz CT molecular complexity index is 489. The van der Waals surface area contributed by atoms with Crippen molar-refractivity contribution in [3.05, 3.63) is 0 Å². The van der Waals surface area contributed by atoms with E-state index in [4.69, 9.17) is 5.73 Å². The summed E-state index contributed by atoms with van der Waals surface area (Å²) in [6, 6.07) is -1.80. The largest absolute Gasteiger partial charge is 0.354 e. The summed E-state index contributed by atoms with van der Waals surface area (Å²) >= 11 is 0. The van der Waals surface area contributed by atoms with Gasteiger partial charge in [0.15, 0.2) is 0 Å². The lowest BCUT2D eigenvalue weighted by atomic mass is 10.0. The van der Waals surface area contributed by atoms with E-state index in [9.17, 15) is 14.4 Å². The fourth-order valence-corrected chi connectivity index (χ4v) is 3.22.